The minimum atomic E-state index is -0.713. The van der Waals surface area contributed by atoms with Gasteiger partial charge in [-0.1, -0.05) is 20.3 Å². The Balaban J connectivity index is 2.37. The number of hydrogen-bond donors (Lipinski definition) is 1. The van der Waals surface area contributed by atoms with E-state index in [4.69, 9.17) is 0 Å². The fourth-order valence-corrected chi connectivity index (χ4v) is 4.04. The average Bonchev–Trinajstić information content (AvgIpc) is 2.61. The van der Waals surface area contributed by atoms with E-state index in [1.165, 1.54) is 6.42 Å². The maximum absolute atomic E-state index is 10.8. The van der Waals surface area contributed by atoms with Crippen LogP contribution in [0.1, 0.15) is 38.1 Å². The highest BCUT2D eigenvalue weighted by molar-refractivity contribution is 9.11. The van der Waals surface area contributed by atoms with E-state index in [1.807, 2.05) is 0 Å². The van der Waals surface area contributed by atoms with Gasteiger partial charge in [-0.2, -0.15) is 0 Å². The first kappa shape index (κ1) is 11.6. The second-order valence-electron chi connectivity index (χ2n) is 4.53. The average molecular weight is 290 g/mol. The van der Waals surface area contributed by atoms with E-state index in [9.17, 15) is 5.11 Å². The number of halogens is 1. The van der Waals surface area contributed by atoms with Crippen molar-refractivity contribution >= 4 is 27.3 Å². The SMILES string of the molecule is CC1CCCC(C)C1(O)c1ncc(Br)s1. The van der Waals surface area contributed by atoms with Crippen LogP contribution < -0.4 is 0 Å². The van der Waals surface area contributed by atoms with Crippen molar-refractivity contribution in [2.75, 3.05) is 0 Å². The predicted octanol–water partition coefficient (Wildman–Crippen LogP) is 3.55. The van der Waals surface area contributed by atoms with Crippen molar-refractivity contribution in [2.45, 2.75) is 38.7 Å². The van der Waals surface area contributed by atoms with Gasteiger partial charge in [0, 0.05) is 0 Å². The molecule has 1 N–H and O–H groups in total. The molecule has 1 aromatic rings. The van der Waals surface area contributed by atoms with Gasteiger partial charge in [0.05, 0.1) is 9.98 Å². The molecule has 0 aromatic carbocycles. The standard InChI is InChI=1S/C11H16BrNOS/c1-7-4-3-5-8(2)11(7,14)10-13-6-9(12)15-10/h6-8,14H,3-5H2,1-2H3. The molecule has 1 heterocycles. The molecule has 84 valence electrons. The molecule has 1 saturated carbocycles. The zero-order valence-corrected chi connectivity index (χ0v) is 11.4. The van der Waals surface area contributed by atoms with Crippen molar-refractivity contribution in [1.29, 1.82) is 0 Å². The van der Waals surface area contributed by atoms with E-state index >= 15 is 0 Å². The minimum Gasteiger partial charge on any atom is -0.382 e. The van der Waals surface area contributed by atoms with Crippen LogP contribution in [0.4, 0.5) is 0 Å². The smallest absolute Gasteiger partial charge is 0.126 e. The van der Waals surface area contributed by atoms with Crippen molar-refractivity contribution in [3.63, 3.8) is 0 Å². The van der Waals surface area contributed by atoms with Crippen LogP contribution in [0.25, 0.3) is 0 Å². The van der Waals surface area contributed by atoms with Gasteiger partial charge in [-0.25, -0.2) is 4.98 Å². The molecular formula is C11H16BrNOS. The number of hydrogen-bond acceptors (Lipinski definition) is 3. The molecular weight excluding hydrogens is 274 g/mol. The molecule has 1 fully saturated rings. The Bertz CT molecular complexity index is 342. The molecule has 0 saturated heterocycles. The molecule has 0 spiro atoms. The summed E-state index contributed by atoms with van der Waals surface area (Å²) in [5, 5.41) is 11.7. The number of aromatic nitrogens is 1. The molecule has 2 nitrogen and oxygen atoms in total. The molecule has 0 radical (unpaired) electrons. The first-order valence-electron chi connectivity index (χ1n) is 5.39. The van der Waals surface area contributed by atoms with Crippen molar-refractivity contribution in [3.8, 4) is 0 Å². The normalized spacial score (nSPS) is 36.8. The van der Waals surface area contributed by atoms with E-state index in [0.717, 1.165) is 21.6 Å². The summed E-state index contributed by atoms with van der Waals surface area (Å²) in [4.78, 5) is 4.33. The number of nitrogens with zero attached hydrogens (tertiary/aromatic N) is 1. The molecule has 1 aliphatic carbocycles. The highest BCUT2D eigenvalue weighted by Gasteiger charge is 2.45. The highest BCUT2D eigenvalue weighted by atomic mass is 79.9. The van der Waals surface area contributed by atoms with Crippen LogP contribution >= 0.6 is 27.3 Å². The fraction of sp³-hybridized carbons (Fsp3) is 0.727. The molecule has 0 aliphatic heterocycles. The van der Waals surface area contributed by atoms with Gasteiger partial charge in [-0.15, -0.1) is 11.3 Å². The van der Waals surface area contributed by atoms with Gasteiger partial charge in [-0.3, -0.25) is 0 Å². The van der Waals surface area contributed by atoms with Gasteiger partial charge in [0.2, 0.25) is 0 Å². The second kappa shape index (κ2) is 4.15. The van der Waals surface area contributed by atoms with E-state index in [1.54, 1.807) is 17.5 Å². The maximum atomic E-state index is 10.8. The molecule has 15 heavy (non-hydrogen) atoms. The van der Waals surface area contributed by atoms with E-state index in [0.29, 0.717) is 11.8 Å². The van der Waals surface area contributed by atoms with Crippen LogP contribution in [-0.4, -0.2) is 10.1 Å². The summed E-state index contributed by atoms with van der Waals surface area (Å²) >= 11 is 4.96. The first-order chi connectivity index (χ1) is 7.05. The zero-order valence-electron chi connectivity index (χ0n) is 9.03. The molecule has 1 aliphatic rings. The Kier molecular flexibility index (Phi) is 3.20. The van der Waals surface area contributed by atoms with Gasteiger partial charge in [0.25, 0.3) is 0 Å². The van der Waals surface area contributed by atoms with Gasteiger partial charge >= 0.3 is 0 Å². The fourth-order valence-electron chi connectivity index (χ4n) is 2.52. The van der Waals surface area contributed by atoms with Crippen LogP contribution in [0.2, 0.25) is 0 Å². The predicted molar refractivity (Wildman–Crippen MR) is 65.9 cm³/mol. The maximum Gasteiger partial charge on any atom is 0.126 e. The van der Waals surface area contributed by atoms with E-state index in [2.05, 4.69) is 34.8 Å². The van der Waals surface area contributed by atoms with Gasteiger partial charge in [0.1, 0.15) is 10.6 Å². The van der Waals surface area contributed by atoms with Gasteiger partial charge in [-0.05, 0) is 40.6 Å². The Morgan fingerprint density at radius 2 is 2.07 bits per heavy atom. The summed E-state index contributed by atoms with van der Waals surface area (Å²) in [6.07, 6.45) is 5.19. The Labute approximate surface area is 103 Å². The Morgan fingerprint density at radius 1 is 1.47 bits per heavy atom. The summed E-state index contributed by atoms with van der Waals surface area (Å²) in [5.41, 5.74) is -0.713. The molecule has 2 rings (SSSR count). The number of rotatable bonds is 1. The highest BCUT2D eigenvalue weighted by Crippen LogP contribution is 2.46. The molecule has 1 aromatic heterocycles. The van der Waals surface area contributed by atoms with Crippen molar-refractivity contribution in [2.24, 2.45) is 11.8 Å². The summed E-state index contributed by atoms with van der Waals surface area (Å²) in [6, 6.07) is 0. The van der Waals surface area contributed by atoms with Crippen LogP contribution in [0.5, 0.6) is 0 Å². The van der Waals surface area contributed by atoms with Crippen molar-refractivity contribution in [1.82, 2.24) is 4.98 Å². The third kappa shape index (κ3) is 1.87. The summed E-state index contributed by atoms with van der Waals surface area (Å²) < 4.78 is 0.996. The Morgan fingerprint density at radius 3 is 2.53 bits per heavy atom. The molecule has 2 unspecified atom stereocenters. The van der Waals surface area contributed by atoms with Gasteiger partial charge < -0.3 is 5.11 Å². The monoisotopic (exact) mass is 289 g/mol. The zero-order chi connectivity index (χ0) is 11.1. The largest absolute Gasteiger partial charge is 0.382 e. The first-order valence-corrected chi connectivity index (χ1v) is 7.00. The summed E-state index contributed by atoms with van der Waals surface area (Å²) in [7, 11) is 0. The minimum absolute atomic E-state index is 0.305. The lowest BCUT2D eigenvalue weighted by molar-refractivity contribution is -0.0893. The number of thiazole rings is 1. The van der Waals surface area contributed by atoms with Crippen LogP contribution in [0.3, 0.4) is 0 Å². The number of aliphatic hydroxyl groups is 1. The molecule has 4 heteroatoms. The summed E-state index contributed by atoms with van der Waals surface area (Å²) in [6.45, 7) is 4.26. The van der Waals surface area contributed by atoms with Crippen LogP contribution in [-0.2, 0) is 5.60 Å². The lowest BCUT2D eigenvalue weighted by Crippen LogP contribution is -2.42. The third-order valence-corrected chi connectivity index (χ3v) is 5.21. The van der Waals surface area contributed by atoms with Crippen molar-refractivity contribution in [3.05, 3.63) is 15.0 Å². The topological polar surface area (TPSA) is 33.1 Å². The third-order valence-electron chi connectivity index (χ3n) is 3.60. The lowest BCUT2D eigenvalue weighted by Gasteiger charge is -2.41. The Hall–Kier alpha value is 0.0700. The van der Waals surface area contributed by atoms with Crippen LogP contribution in [0, 0.1) is 11.8 Å². The molecule has 0 bridgehead atoms. The second-order valence-corrected chi connectivity index (χ2v) is 6.94. The lowest BCUT2D eigenvalue weighted by atomic mass is 9.70. The molecule has 0 amide bonds. The van der Waals surface area contributed by atoms with E-state index < -0.39 is 5.60 Å². The van der Waals surface area contributed by atoms with Crippen LogP contribution in [0.15, 0.2) is 9.98 Å². The van der Waals surface area contributed by atoms with Gasteiger partial charge in [0.15, 0.2) is 0 Å². The van der Waals surface area contributed by atoms with Crippen molar-refractivity contribution < 1.29 is 5.11 Å². The molecule has 2 atom stereocenters. The van der Waals surface area contributed by atoms with E-state index in [-0.39, 0.29) is 0 Å². The quantitative estimate of drug-likeness (QED) is 0.858. The summed E-state index contributed by atoms with van der Waals surface area (Å²) in [5.74, 6) is 0.610.